The highest BCUT2D eigenvalue weighted by atomic mass is 35.5. The normalized spacial score (nSPS) is 11.4. The maximum absolute atomic E-state index is 12.1. The molecule has 0 spiro atoms. The highest BCUT2D eigenvalue weighted by Gasteiger charge is 2.19. The van der Waals surface area contributed by atoms with Crippen LogP contribution in [0.1, 0.15) is 23.0 Å². The van der Waals surface area contributed by atoms with Crippen molar-refractivity contribution >= 4 is 52.1 Å². The molecule has 0 fully saturated rings. The topological polar surface area (TPSA) is 101 Å². The van der Waals surface area contributed by atoms with Crippen molar-refractivity contribution in [1.29, 1.82) is 0 Å². The second-order valence-corrected chi connectivity index (χ2v) is 5.59. The number of anilines is 1. The molecule has 1 aromatic heterocycles. The van der Waals surface area contributed by atoms with Gasteiger partial charge in [0.15, 0.2) is 10.8 Å². The van der Waals surface area contributed by atoms with Crippen LogP contribution >= 0.6 is 34.8 Å². The van der Waals surface area contributed by atoms with E-state index in [2.05, 4.69) is 15.5 Å². The van der Waals surface area contributed by atoms with E-state index in [-0.39, 0.29) is 32.3 Å². The predicted octanol–water partition coefficient (Wildman–Crippen LogP) is 3.48. The van der Waals surface area contributed by atoms with E-state index in [4.69, 9.17) is 40.5 Å². The third-order valence-corrected chi connectivity index (χ3v) is 4.03. The van der Waals surface area contributed by atoms with Crippen LogP contribution in [0.3, 0.4) is 0 Å². The molecule has 6 nitrogen and oxygen atoms in total. The van der Waals surface area contributed by atoms with Crippen LogP contribution in [-0.4, -0.2) is 21.7 Å². The standard InChI is InChI=1S/C14H11Cl3N4O2/c1-6(7-2-4-8(22)5-3-7)20-21-14(23)12-9(15)11(18)10(16)13(17)19-12/h2-5,22H,1H3,(H2,18,19)(H,21,23)/b20-6-. The summed E-state index contributed by atoms with van der Waals surface area (Å²) in [5, 5.41) is 12.9. The molecule has 1 aromatic carbocycles. The minimum absolute atomic E-state index is 0.0167. The Morgan fingerprint density at radius 3 is 2.43 bits per heavy atom. The molecule has 0 radical (unpaired) electrons. The number of phenolic OH excluding ortho intramolecular Hbond substituents is 1. The summed E-state index contributed by atoms with van der Waals surface area (Å²) in [5.74, 6) is -0.550. The van der Waals surface area contributed by atoms with Gasteiger partial charge in [0, 0.05) is 0 Å². The number of pyridine rings is 1. The van der Waals surface area contributed by atoms with Gasteiger partial charge in [-0.1, -0.05) is 34.8 Å². The Labute approximate surface area is 146 Å². The Hall–Kier alpha value is -2.02. The lowest BCUT2D eigenvalue weighted by molar-refractivity contribution is 0.0950. The van der Waals surface area contributed by atoms with E-state index in [1.807, 2.05) is 0 Å². The Balaban J connectivity index is 2.23. The van der Waals surface area contributed by atoms with Crippen LogP contribution in [0.15, 0.2) is 29.4 Å². The summed E-state index contributed by atoms with van der Waals surface area (Å²) in [5.41, 5.74) is 8.99. The molecule has 2 aromatic rings. The number of aromatic nitrogens is 1. The largest absolute Gasteiger partial charge is 0.508 e. The molecule has 23 heavy (non-hydrogen) atoms. The van der Waals surface area contributed by atoms with Crippen molar-refractivity contribution in [2.24, 2.45) is 5.10 Å². The number of amides is 1. The van der Waals surface area contributed by atoms with Crippen LogP contribution < -0.4 is 11.2 Å². The lowest BCUT2D eigenvalue weighted by Crippen LogP contribution is -2.21. The molecular formula is C14H11Cl3N4O2. The van der Waals surface area contributed by atoms with Crippen molar-refractivity contribution in [2.75, 3.05) is 5.73 Å². The average molecular weight is 374 g/mol. The van der Waals surface area contributed by atoms with Crippen LogP contribution in [0.2, 0.25) is 15.2 Å². The number of halogens is 3. The van der Waals surface area contributed by atoms with Crippen LogP contribution in [0.5, 0.6) is 5.75 Å². The smallest absolute Gasteiger partial charge is 0.291 e. The summed E-state index contributed by atoms with van der Waals surface area (Å²) in [6.45, 7) is 1.69. The van der Waals surface area contributed by atoms with Gasteiger partial charge in [-0.15, -0.1) is 0 Å². The quantitative estimate of drug-likeness (QED) is 0.435. The molecule has 2 rings (SSSR count). The molecule has 1 amide bonds. The maximum atomic E-state index is 12.1. The molecule has 0 unspecified atom stereocenters. The number of carbonyl (C=O) groups is 1. The third kappa shape index (κ3) is 3.85. The fraction of sp³-hybridized carbons (Fsp3) is 0.0714. The van der Waals surface area contributed by atoms with E-state index < -0.39 is 5.91 Å². The first-order valence-corrected chi connectivity index (χ1v) is 7.38. The molecule has 0 atom stereocenters. The SMILES string of the molecule is C/C(=N/NC(=O)c1nc(Cl)c(Cl)c(N)c1Cl)c1ccc(O)cc1. The fourth-order valence-corrected chi connectivity index (χ4v) is 2.23. The molecule has 1 heterocycles. The molecule has 0 saturated heterocycles. The summed E-state index contributed by atoms with van der Waals surface area (Å²) in [6, 6.07) is 6.33. The lowest BCUT2D eigenvalue weighted by atomic mass is 10.1. The van der Waals surface area contributed by atoms with E-state index in [0.717, 1.165) is 5.56 Å². The van der Waals surface area contributed by atoms with Gasteiger partial charge < -0.3 is 10.8 Å². The zero-order chi connectivity index (χ0) is 17.1. The lowest BCUT2D eigenvalue weighted by Gasteiger charge is -2.08. The monoisotopic (exact) mass is 372 g/mol. The minimum Gasteiger partial charge on any atom is -0.508 e. The summed E-state index contributed by atoms with van der Waals surface area (Å²) < 4.78 is 0. The number of aromatic hydroxyl groups is 1. The van der Waals surface area contributed by atoms with E-state index in [1.165, 1.54) is 12.1 Å². The van der Waals surface area contributed by atoms with Gasteiger partial charge in [0.05, 0.1) is 16.4 Å². The van der Waals surface area contributed by atoms with Crippen LogP contribution in [0.25, 0.3) is 0 Å². The Kier molecular flexibility index (Phi) is 5.30. The second-order valence-electron chi connectivity index (χ2n) is 4.48. The Bertz CT molecular complexity index is 792. The van der Waals surface area contributed by atoms with E-state index in [1.54, 1.807) is 19.1 Å². The van der Waals surface area contributed by atoms with Crippen LogP contribution in [0.4, 0.5) is 5.69 Å². The molecule has 120 valence electrons. The van der Waals surface area contributed by atoms with Crippen molar-refractivity contribution in [2.45, 2.75) is 6.92 Å². The van der Waals surface area contributed by atoms with Crippen molar-refractivity contribution in [3.05, 3.63) is 50.7 Å². The number of phenols is 1. The molecular weight excluding hydrogens is 363 g/mol. The number of hydrogen-bond acceptors (Lipinski definition) is 5. The number of benzene rings is 1. The molecule has 0 aliphatic heterocycles. The molecule has 0 aliphatic rings. The second kappa shape index (κ2) is 7.04. The highest BCUT2D eigenvalue weighted by Crippen LogP contribution is 2.34. The highest BCUT2D eigenvalue weighted by molar-refractivity contribution is 6.46. The van der Waals surface area contributed by atoms with Gasteiger partial charge in [0.1, 0.15) is 10.8 Å². The number of hydrogen-bond donors (Lipinski definition) is 3. The number of nitrogens with one attached hydrogen (secondary N) is 1. The average Bonchev–Trinajstić information content (AvgIpc) is 2.54. The van der Waals surface area contributed by atoms with Crippen LogP contribution in [0, 0.1) is 0 Å². The van der Waals surface area contributed by atoms with Gasteiger partial charge >= 0.3 is 0 Å². The minimum atomic E-state index is -0.682. The number of nitrogens with zero attached hydrogens (tertiary/aromatic N) is 2. The zero-order valence-corrected chi connectivity index (χ0v) is 14.0. The number of nitrogens with two attached hydrogens (primary N) is 1. The van der Waals surface area contributed by atoms with Gasteiger partial charge in [-0.25, -0.2) is 10.4 Å². The fourth-order valence-electron chi connectivity index (χ4n) is 1.64. The Morgan fingerprint density at radius 2 is 1.83 bits per heavy atom. The van der Waals surface area contributed by atoms with Gasteiger partial charge in [-0.3, -0.25) is 4.79 Å². The van der Waals surface area contributed by atoms with Gasteiger partial charge in [-0.2, -0.15) is 5.10 Å². The first-order chi connectivity index (χ1) is 10.8. The van der Waals surface area contributed by atoms with Gasteiger partial charge in [0.25, 0.3) is 5.91 Å². The predicted molar refractivity (Wildman–Crippen MR) is 91.5 cm³/mol. The van der Waals surface area contributed by atoms with Crippen molar-refractivity contribution < 1.29 is 9.90 Å². The van der Waals surface area contributed by atoms with Crippen molar-refractivity contribution in [3.8, 4) is 5.75 Å². The number of rotatable bonds is 3. The van der Waals surface area contributed by atoms with Crippen LogP contribution in [-0.2, 0) is 0 Å². The third-order valence-electron chi connectivity index (χ3n) is 2.90. The van der Waals surface area contributed by atoms with E-state index in [0.29, 0.717) is 5.71 Å². The number of carbonyl (C=O) groups excluding carboxylic acids is 1. The molecule has 4 N–H and O–H groups in total. The Morgan fingerprint density at radius 1 is 1.22 bits per heavy atom. The molecule has 9 heteroatoms. The first kappa shape index (κ1) is 17.3. The van der Waals surface area contributed by atoms with E-state index in [9.17, 15) is 9.90 Å². The number of hydrazone groups is 1. The number of nitrogen functional groups attached to an aromatic ring is 1. The van der Waals surface area contributed by atoms with Crippen molar-refractivity contribution in [3.63, 3.8) is 0 Å². The van der Waals surface area contributed by atoms with Gasteiger partial charge in [-0.05, 0) is 36.8 Å². The zero-order valence-electron chi connectivity index (χ0n) is 11.8. The molecule has 0 bridgehead atoms. The maximum Gasteiger partial charge on any atom is 0.291 e. The van der Waals surface area contributed by atoms with E-state index >= 15 is 0 Å². The summed E-state index contributed by atoms with van der Waals surface area (Å²) in [4.78, 5) is 15.9. The summed E-state index contributed by atoms with van der Waals surface area (Å²) >= 11 is 17.5. The van der Waals surface area contributed by atoms with Gasteiger partial charge in [0.2, 0.25) is 0 Å². The summed E-state index contributed by atoms with van der Waals surface area (Å²) in [6.07, 6.45) is 0. The first-order valence-electron chi connectivity index (χ1n) is 6.25. The molecule has 0 aliphatic carbocycles. The molecule has 0 saturated carbocycles. The van der Waals surface area contributed by atoms with Crippen molar-refractivity contribution in [1.82, 2.24) is 10.4 Å². The summed E-state index contributed by atoms with van der Waals surface area (Å²) in [7, 11) is 0.